The number of halogens is 4. The quantitative estimate of drug-likeness (QED) is 0.514. The minimum atomic E-state index is -4.67. The zero-order valence-corrected chi connectivity index (χ0v) is 12.8. The molecule has 1 aromatic carbocycles. The molecule has 0 N–H and O–H groups in total. The summed E-state index contributed by atoms with van der Waals surface area (Å²) in [5.41, 5.74) is -1.60. The zero-order chi connectivity index (χ0) is 18.2. The van der Waals surface area contributed by atoms with Gasteiger partial charge in [0, 0.05) is 5.02 Å². The number of hydrogen-bond donors (Lipinski definition) is 0. The van der Waals surface area contributed by atoms with Crippen LogP contribution in [0.1, 0.15) is 11.4 Å². The van der Waals surface area contributed by atoms with E-state index in [1.165, 1.54) is 6.07 Å². The van der Waals surface area contributed by atoms with E-state index in [0.717, 1.165) is 33.9 Å². The lowest BCUT2D eigenvalue weighted by atomic mass is 10.1. The van der Waals surface area contributed by atoms with Crippen molar-refractivity contribution in [3.05, 3.63) is 57.1 Å². The molecule has 0 atom stereocenters. The molecule has 2 heterocycles. The van der Waals surface area contributed by atoms with E-state index in [1.54, 1.807) is 0 Å². The zero-order valence-electron chi connectivity index (χ0n) is 12.1. The summed E-state index contributed by atoms with van der Waals surface area (Å²) >= 11 is 5.65. The predicted octanol–water partition coefficient (Wildman–Crippen LogP) is 2.49. The molecule has 0 fully saturated rings. The summed E-state index contributed by atoms with van der Waals surface area (Å²) < 4.78 is 41.7. The summed E-state index contributed by atoms with van der Waals surface area (Å²) in [6.45, 7) is -0.166. The topological polar surface area (TPSA) is 105 Å². The molecule has 9 nitrogen and oxygen atoms in total. The molecular weight excluding hydrogens is 367 g/mol. The third-order valence-electron chi connectivity index (χ3n) is 3.16. The molecule has 0 saturated heterocycles. The van der Waals surface area contributed by atoms with E-state index < -0.39 is 16.7 Å². The van der Waals surface area contributed by atoms with Crippen LogP contribution in [0.3, 0.4) is 0 Å². The van der Waals surface area contributed by atoms with Crippen LogP contribution in [0.2, 0.25) is 5.02 Å². The van der Waals surface area contributed by atoms with E-state index in [2.05, 4.69) is 20.6 Å². The number of tetrazole rings is 1. The van der Waals surface area contributed by atoms with Gasteiger partial charge in [-0.3, -0.25) is 14.8 Å². The van der Waals surface area contributed by atoms with Gasteiger partial charge in [0.2, 0.25) is 0 Å². The van der Waals surface area contributed by atoms with Crippen LogP contribution in [0.25, 0.3) is 5.69 Å². The summed E-state index contributed by atoms with van der Waals surface area (Å²) in [6, 6.07) is 3.17. The van der Waals surface area contributed by atoms with Gasteiger partial charge in [0.05, 0.1) is 16.2 Å². The fourth-order valence-electron chi connectivity index (χ4n) is 2.09. The van der Waals surface area contributed by atoms with Gasteiger partial charge in [-0.05, 0) is 28.6 Å². The van der Waals surface area contributed by atoms with Gasteiger partial charge in [-0.25, -0.2) is 0 Å². The number of aromatic nitrogens is 6. The first-order valence-electron chi connectivity index (χ1n) is 6.57. The average molecular weight is 374 g/mol. The minimum Gasteiger partial charge on any atom is -0.258 e. The normalized spacial score (nSPS) is 11.7. The first-order valence-corrected chi connectivity index (χ1v) is 6.95. The van der Waals surface area contributed by atoms with Crippen LogP contribution < -0.4 is 0 Å². The summed E-state index contributed by atoms with van der Waals surface area (Å²) in [5, 5.41) is 24.9. The maximum atomic E-state index is 13.2. The van der Waals surface area contributed by atoms with E-state index in [-0.39, 0.29) is 28.8 Å². The van der Waals surface area contributed by atoms with Crippen LogP contribution >= 0.6 is 11.6 Å². The van der Waals surface area contributed by atoms with Crippen molar-refractivity contribution in [3.8, 4) is 5.69 Å². The SMILES string of the molecule is O=[N+]([O-])c1cnn(Cc2nnnn2-c2ccc(Cl)cc2C(F)(F)F)c1. The summed E-state index contributed by atoms with van der Waals surface area (Å²) in [4.78, 5) is 10.0. The molecule has 0 unspecified atom stereocenters. The van der Waals surface area contributed by atoms with Crippen molar-refractivity contribution in [2.24, 2.45) is 0 Å². The van der Waals surface area contributed by atoms with Gasteiger partial charge in [0.15, 0.2) is 5.82 Å². The maximum absolute atomic E-state index is 13.2. The van der Waals surface area contributed by atoms with Crippen molar-refractivity contribution in [3.63, 3.8) is 0 Å². The molecule has 3 rings (SSSR count). The van der Waals surface area contributed by atoms with Gasteiger partial charge in [-0.2, -0.15) is 23.0 Å². The molecule has 13 heteroatoms. The molecule has 0 bridgehead atoms. The van der Waals surface area contributed by atoms with Crippen LogP contribution in [-0.2, 0) is 12.7 Å². The molecule has 2 aromatic heterocycles. The average Bonchev–Trinajstić information content (AvgIpc) is 3.16. The third kappa shape index (κ3) is 3.42. The van der Waals surface area contributed by atoms with E-state index in [4.69, 9.17) is 11.6 Å². The molecule has 0 radical (unpaired) electrons. The van der Waals surface area contributed by atoms with Crippen LogP contribution in [0, 0.1) is 10.1 Å². The van der Waals surface area contributed by atoms with Gasteiger partial charge in [0.1, 0.15) is 18.9 Å². The molecule has 0 aliphatic rings. The Balaban J connectivity index is 2.01. The fourth-order valence-corrected chi connectivity index (χ4v) is 2.26. The molecular formula is C12H7ClF3N7O2. The molecule has 130 valence electrons. The highest BCUT2D eigenvalue weighted by atomic mass is 35.5. The largest absolute Gasteiger partial charge is 0.418 e. The second-order valence-corrected chi connectivity index (χ2v) is 5.26. The highest BCUT2D eigenvalue weighted by molar-refractivity contribution is 6.30. The third-order valence-corrected chi connectivity index (χ3v) is 3.40. The Labute approximate surface area is 141 Å². The monoisotopic (exact) mass is 373 g/mol. The Hall–Kier alpha value is -3.02. The van der Waals surface area contributed by atoms with E-state index in [9.17, 15) is 23.3 Å². The van der Waals surface area contributed by atoms with E-state index >= 15 is 0 Å². The molecule has 3 aromatic rings. The Bertz CT molecular complexity index is 937. The maximum Gasteiger partial charge on any atom is 0.418 e. The van der Waals surface area contributed by atoms with E-state index in [0.29, 0.717) is 0 Å². The number of nitro groups is 1. The van der Waals surface area contributed by atoms with Crippen molar-refractivity contribution in [1.82, 2.24) is 30.0 Å². The first kappa shape index (κ1) is 16.8. The lowest BCUT2D eigenvalue weighted by molar-refractivity contribution is -0.385. The standard InChI is InChI=1S/C12H7ClF3N7O2/c13-7-1-2-10(9(3-7)12(14,15)16)22-11(18-19-20-22)6-21-5-8(4-17-21)23(24)25/h1-5H,6H2. The Morgan fingerprint density at radius 2 is 2.08 bits per heavy atom. The van der Waals surface area contributed by atoms with Gasteiger partial charge < -0.3 is 0 Å². The smallest absolute Gasteiger partial charge is 0.258 e. The second kappa shape index (κ2) is 6.12. The number of benzene rings is 1. The minimum absolute atomic E-state index is 0.00539. The lowest BCUT2D eigenvalue weighted by Crippen LogP contribution is -2.15. The van der Waals surface area contributed by atoms with Gasteiger partial charge in [-0.1, -0.05) is 11.6 Å². The summed E-state index contributed by atoms with van der Waals surface area (Å²) in [6.07, 6.45) is -2.54. The highest BCUT2D eigenvalue weighted by Gasteiger charge is 2.35. The molecule has 0 aliphatic carbocycles. The predicted molar refractivity (Wildman–Crippen MR) is 77.1 cm³/mol. The number of hydrogen-bond acceptors (Lipinski definition) is 6. The van der Waals surface area contributed by atoms with Crippen molar-refractivity contribution in [1.29, 1.82) is 0 Å². The van der Waals surface area contributed by atoms with Gasteiger partial charge in [0.25, 0.3) is 0 Å². The number of rotatable bonds is 4. The van der Waals surface area contributed by atoms with Crippen LogP contribution in [-0.4, -0.2) is 34.9 Å². The van der Waals surface area contributed by atoms with E-state index in [1.807, 2.05) is 0 Å². The molecule has 0 aliphatic heterocycles. The van der Waals surface area contributed by atoms with Gasteiger partial charge >= 0.3 is 11.9 Å². The lowest BCUT2D eigenvalue weighted by Gasteiger charge is -2.13. The summed E-state index contributed by atoms with van der Waals surface area (Å²) in [5.74, 6) is 0.00539. The molecule has 25 heavy (non-hydrogen) atoms. The van der Waals surface area contributed by atoms with Crippen molar-refractivity contribution >= 4 is 17.3 Å². The molecule has 0 saturated carbocycles. The van der Waals surface area contributed by atoms with Crippen molar-refractivity contribution < 1.29 is 18.1 Å². The Morgan fingerprint density at radius 3 is 2.72 bits per heavy atom. The summed E-state index contributed by atoms with van der Waals surface area (Å²) in [7, 11) is 0. The number of nitrogens with zero attached hydrogens (tertiary/aromatic N) is 7. The van der Waals surface area contributed by atoms with Gasteiger partial charge in [-0.15, -0.1) is 5.10 Å². The van der Waals surface area contributed by atoms with Crippen LogP contribution in [0.4, 0.5) is 18.9 Å². The second-order valence-electron chi connectivity index (χ2n) is 4.82. The Morgan fingerprint density at radius 1 is 1.32 bits per heavy atom. The Kier molecular flexibility index (Phi) is 4.12. The van der Waals surface area contributed by atoms with Crippen molar-refractivity contribution in [2.45, 2.75) is 12.7 Å². The number of alkyl halides is 3. The first-order chi connectivity index (χ1) is 11.8. The highest BCUT2D eigenvalue weighted by Crippen LogP contribution is 2.35. The van der Waals surface area contributed by atoms with Crippen LogP contribution in [0.15, 0.2) is 30.6 Å². The van der Waals surface area contributed by atoms with Crippen LogP contribution in [0.5, 0.6) is 0 Å². The molecule has 0 amide bonds. The van der Waals surface area contributed by atoms with Crippen molar-refractivity contribution in [2.75, 3.05) is 0 Å². The fraction of sp³-hybridized carbons (Fsp3) is 0.167. The molecule has 0 spiro atoms.